The number of fused-ring (bicyclic) bond motifs is 2. The Bertz CT molecular complexity index is 1560. The standard InChI is InChI=1S/C25H20N6S/c1-31(2)16-9-15(12-26-13-16)21-11-19-23(14-27-21)29-30-25(19)22-10-18-17(24-7-4-8-32-24)5-3-6-20(18)28-22/h3-14,28H,1-2H3,(H,29,30). The third-order valence-corrected chi connectivity index (χ3v) is 6.59. The molecule has 32 heavy (non-hydrogen) atoms. The van der Waals surface area contributed by atoms with E-state index in [1.54, 1.807) is 11.3 Å². The number of benzene rings is 1. The average molecular weight is 437 g/mol. The minimum absolute atomic E-state index is 0.867. The van der Waals surface area contributed by atoms with E-state index in [0.717, 1.165) is 44.8 Å². The fourth-order valence-electron chi connectivity index (χ4n) is 4.02. The van der Waals surface area contributed by atoms with E-state index in [9.17, 15) is 0 Å². The van der Waals surface area contributed by atoms with E-state index in [-0.39, 0.29) is 0 Å². The molecular formula is C25H20N6S. The number of nitrogens with one attached hydrogen (secondary N) is 2. The molecule has 0 spiro atoms. The Morgan fingerprint density at radius 1 is 0.906 bits per heavy atom. The van der Waals surface area contributed by atoms with Crippen LogP contribution in [-0.2, 0) is 0 Å². The van der Waals surface area contributed by atoms with Crippen LogP contribution in [0.4, 0.5) is 5.69 Å². The maximum Gasteiger partial charge on any atom is 0.116 e. The molecule has 0 bridgehead atoms. The smallest absolute Gasteiger partial charge is 0.116 e. The van der Waals surface area contributed by atoms with Gasteiger partial charge in [0, 0.05) is 52.6 Å². The predicted molar refractivity (Wildman–Crippen MR) is 132 cm³/mol. The number of hydrogen-bond donors (Lipinski definition) is 2. The highest BCUT2D eigenvalue weighted by Gasteiger charge is 2.15. The molecule has 0 amide bonds. The number of thiophene rings is 1. The molecule has 2 N–H and O–H groups in total. The second-order valence-electron chi connectivity index (χ2n) is 7.94. The van der Waals surface area contributed by atoms with E-state index >= 15 is 0 Å². The largest absolute Gasteiger partial charge is 0.376 e. The molecule has 6 nitrogen and oxygen atoms in total. The molecule has 0 saturated carbocycles. The van der Waals surface area contributed by atoms with Crippen LogP contribution in [-0.4, -0.2) is 39.2 Å². The van der Waals surface area contributed by atoms with E-state index in [0.29, 0.717) is 0 Å². The van der Waals surface area contributed by atoms with Crippen molar-refractivity contribution in [2.24, 2.45) is 0 Å². The van der Waals surface area contributed by atoms with Gasteiger partial charge >= 0.3 is 0 Å². The molecule has 0 unspecified atom stereocenters. The fraction of sp³-hybridized carbons (Fsp3) is 0.0800. The minimum Gasteiger partial charge on any atom is -0.376 e. The van der Waals surface area contributed by atoms with Crippen LogP contribution in [0.5, 0.6) is 0 Å². The van der Waals surface area contributed by atoms with Crippen LogP contribution in [0.25, 0.3) is 54.9 Å². The van der Waals surface area contributed by atoms with E-state index < -0.39 is 0 Å². The average Bonchev–Trinajstić information content (AvgIpc) is 3.57. The minimum atomic E-state index is 0.867. The lowest BCUT2D eigenvalue weighted by Crippen LogP contribution is -2.08. The van der Waals surface area contributed by atoms with E-state index in [2.05, 4.69) is 79.1 Å². The van der Waals surface area contributed by atoms with Crippen molar-refractivity contribution in [1.29, 1.82) is 0 Å². The Morgan fingerprint density at radius 2 is 1.84 bits per heavy atom. The summed E-state index contributed by atoms with van der Waals surface area (Å²) in [4.78, 5) is 15.9. The van der Waals surface area contributed by atoms with Gasteiger partial charge < -0.3 is 9.88 Å². The topological polar surface area (TPSA) is 73.5 Å². The van der Waals surface area contributed by atoms with Crippen LogP contribution in [0.2, 0.25) is 0 Å². The normalized spacial score (nSPS) is 11.4. The highest BCUT2D eigenvalue weighted by Crippen LogP contribution is 2.36. The SMILES string of the molecule is CN(C)c1cncc(-c2cc3c(-c4cc5c(-c6cccs6)cccc5[nH]4)n[nH]c3cn2)c1. The summed E-state index contributed by atoms with van der Waals surface area (Å²) in [7, 11) is 4.01. The number of nitrogens with zero attached hydrogens (tertiary/aromatic N) is 4. The monoisotopic (exact) mass is 436 g/mol. The summed E-state index contributed by atoms with van der Waals surface area (Å²) in [6, 6.07) is 17.0. The van der Waals surface area contributed by atoms with Crippen LogP contribution in [0.1, 0.15) is 0 Å². The van der Waals surface area contributed by atoms with Crippen molar-refractivity contribution < 1.29 is 0 Å². The van der Waals surface area contributed by atoms with Gasteiger partial charge in [-0.15, -0.1) is 11.3 Å². The Morgan fingerprint density at radius 3 is 2.69 bits per heavy atom. The van der Waals surface area contributed by atoms with Crippen molar-refractivity contribution in [3.8, 4) is 33.1 Å². The number of rotatable bonds is 4. The first-order chi connectivity index (χ1) is 15.7. The first-order valence-electron chi connectivity index (χ1n) is 10.3. The molecule has 0 saturated heterocycles. The number of H-pyrrole nitrogens is 2. The summed E-state index contributed by atoms with van der Waals surface area (Å²) in [6.07, 6.45) is 5.53. The van der Waals surface area contributed by atoms with Gasteiger partial charge in [-0.2, -0.15) is 5.10 Å². The van der Waals surface area contributed by atoms with Crippen LogP contribution >= 0.6 is 11.3 Å². The zero-order valence-electron chi connectivity index (χ0n) is 17.6. The van der Waals surface area contributed by atoms with E-state index in [1.807, 2.05) is 37.6 Å². The van der Waals surface area contributed by atoms with Gasteiger partial charge in [-0.05, 0) is 35.7 Å². The first kappa shape index (κ1) is 18.8. The summed E-state index contributed by atoms with van der Waals surface area (Å²) >= 11 is 1.75. The van der Waals surface area contributed by atoms with Gasteiger partial charge in [0.15, 0.2) is 0 Å². The van der Waals surface area contributed by atoms with Crippen molar-refractivity contribution >= 4 is 38.8 Å². The third kappa shape index (κ3) is 3.06. The first-order valence-corrected chi connectivity index (χ1v) is 11.2. The number of hydrogen-bond acceptors (Lipinski definition) is 5. The van der Waals surface area contributed by atoms with Crippen molar-refractivity contribution in [3.05, 3.63) is 72.5 Å². The highest BCUT2D eigenvalue weighted by molar-refractivity contribution is 7.13. The zero-order valence-corrected chi connectivity index (χ0v) is 18.4. The summed E-state index contributed by atoms with van der Waals surface area (Å²) in [5.41, 5.74) is 7.97. The number of aromatic amines is 2. The van der Waals surface area contributed by atoms with Crippen molar-refractivity contribution in [1.82, 2.24) is 25.1 Å². The van der Waals surface area contributed by atoms with Crippen LogP contribution in [0.15, 0.2) is 72.5 Å². The van der Waals surface area contributed by atoms with Gasteiger partial charge in [-0.1, -0.05) is 18.2 Å². The van der Waals surface area contributed by atoms with Gasteiger partial charge in [0.05, 0.1) is 35.0 Å². The molecule has 156 valence electrons. The number of pyridine rings is 2. The van der Waals surface area contributed by atoms with Gasteiger partial charge in [-0.3, -0.25) is 15.1 Å². The second-order valence-corrected chi connectivity index (χ2v) is 8.89. The molecule has 6 aromatic rings. The molecule has 1 aromatic carbocycles. The van der Waals surface area contributed by atoms with Crippen LogP contribution < -0.4 is 4.90 Å². The van der Waals surface area contributed by atoms with E-state index in [1.165, 1.54) is 15.8 Å². The molecule has 5 aromatic heterocycles. The molecule has 5 heterocycles. The molecule has 0 aliphatic carbocycles. The summed E-state index contributed by atoms with van der Waals surface area (Å²) in [5.74, 6) is 0. The molecule has 7 heteroatoms. The van der Waals surface area contributed by atoms with Crippen molar-refractivity contribution in [3.63, 3.8) is 0 Å². The van der Waals surface area contributed by atoms with Gasteiger partial charge in [0.1, 0.15) is 5.69 Å². The predicted octanol–water partition coefficient (Wildman–Crippen LogP) is 5.96. The Labute approximate surface area is 188 Å². The number of anilines is 1. The molecule has 0 aliphatic heterocycles. The number of aromatic nitrogens is 5. The lowest BCUT2D eigenvalue weighted by molar-refractivity contribution is 1.11. The van der Waals surface area contributed by atoms with Crippen molar-refractivity contribution in [2.75, 3.05) is 19.0 Å². The van der Waals surface area contributed by atoms with Gasteiger partial charge in [0.25, 0.3) is 0 Å². The van der Waals surface area contributed by atoms with Crippen LogP contribution in [0.3, 0.4) is 0 Å². The Hall–Kier alpha value is -3.97. The summed E-state index contributed by atoms with van der Waals surface area (Å²) < 4.78 is 0. The Balaban J connectivity index is 1.49. The molecule has 0 radical (unpaired) electrons. The van der Waals surface area contributed by atoms with Gasteiger partial charge in [-0.25, -0.2) is 0 Å². The quantitative estimate of drug-likeness (QED) is 0.357. The molecular weight excluding hydrogens is 416 g/mol. The molecule has 6 rings (SSSR count). The molecule has 0 aliphatic rings. The summed E-state index contributed by atoms with van der Waals surface area (Å²) in [6.45, 7) is 0. The van der Waals surface area contributed by atoms with Crippen molar-refractivity contribution in [2.45, 2.75) is 0 Å². The molecule has 0 atom stereocenters. The Kier molecular flexibility index (Phi) is 4.29. The summed E-state index contributed by atoms with van der Waals surface area (Å²) in [5, 5.41) is 12.1. The van der Waals surface area contributed by atoms with E-state index in [4.69, 9.17) is 0 Å². The maximum atomic E-state index is 4.64. The zero-order chi connectivity index (χ0) is 21.7. The van der Waals surface area contributed by atoms with Gasteiger partial charge in [0.2, 0.25) is 0 Å². The highest BCUT2D eigenvalue weighted by atomic mass is 32.1. The second kappa shape index (κ2) is 7.32. The fourth-order valence-corrected chi connectivity index (χ4v) is 4.79. The molecule has 0 fully saturated rings. The van der Waals surface area contributed by atoms with Crippen LogP contribution in [0, 0.1) is 0 Å². The lowest BCUT2D eigenvalue weighted by Gasteiger charge is -2.12. The lowest BCUT2D eigenvalue weighted by atomic mass is 10.1. The third-order valence-electron chi connectivity index (χ3n) is 5.69. The maximum absolute atomic E-state index is 4.64.